The lowest BCUT2D eigenvalue weighted by atomic mass is 9.94. The quantitative estimate of drug-likeness (QED) is 0.196. The first kappa shape index (κ1) is 25.4. The van der Waals surface area contributed by atoms with Gasteiger partial charge in [0.1, 0.15) is 11.2 Å². The Balaban J connectivity index is 1.22. The van der Waals surface area contributed by atoms with Crippen LogP contribution in [0, 0.1) is 0 Å². The van der Waals surface area contributed by atoms with Crippen molar-refractivity contribution in [2.45, 2.75) is 0 Å². The van der Waals surface area contributed by atoms with Crippen molar-refractivity contribution < 1.29 is 4.42 Å². The van der Waals surface area contributed by atoms with Gasteiger partial charge in [-0.25, -0.2) is 15.0 Å². The maximum Gasteiger partial charge on any atom is 0.164 e. The third-order valence-electron chi connectivity index (χ3n) is 8.49. The maximum atomic E-state index is 6.25. The maximum absolute atomic E-state index is 6.25. The van der Waals surface area contributed by atoms with E-state index in [-0.39, 0.29) is 0 Å². The van der Waals surface area contributed by atoms with Crippen molar-refractivity contribution in [3.05, 3.63) is 152 Å². The van der Waals surface area contributed by atoms with Gasteiger partial charge in [-0.3, -0.25) is 0 Å². The van der Waals surface area contributed by atoms with E-state index in [1.54, 1.807) is 0 Å². The highest BCUT2D eigenvalue weighted by Crippen LogP contribution is 2.39. The van der Waals surface area contributed by atoms with Gasteiger partial charge in [0.15, 0.2) is 17.5 Å². The zero-order valence-electron chi connectivity index (χ0n) is 24.2. The van der Waals surface area contributed by atoms with Crippen LogP contribution in [0.5, 0.6) is 0 Å². The Labute approximate surface area is 259 Å². The van der Waals surface area contributed by atoms with Gasteiger partial charge in [-0.05, 0) is 51.6 Å². The molecule has 0 saturated carbocycles. The van der Waals surface area contributed by atoms with Crippen LogP contribution in [-0.4, -0.2) is 15.0 Å². The lowest BCUT2D eigenvalue weighted by Crippen LogP contribution is -2.00. The highest BCUT2D eigenvalue weighted by Gasteiger charge is 2.15. The SMILES string of the molecule is c1ccc(-c2nc(-c3ccccc3)nc(-c3cccc(-c4ccc5ccc6ccc7oc8ccccc8c7c6c5c4)c3)n2)cc1. The fraction of sp³-hybridized carbons (Fsp3) is 0. The third kappa shape index (κ3) is 4.35. The molecule has 4 heteroatoms. The first-order chi connectivity index (χ1) is 22.3. The van der Waals surface area contributed by atoms with E-state index in [1.165, 1.54) is 21.5 Å². The first-order valence-corrected chi connectivity index (χ1v) is 15.0. The highest BCUT2D eigenvalue weighted by molar-refractivity contribution is 6.26. The molecule has 2 heterocycles. The number of rotatable bonds is 4. The molecule has 4 nitrogen and oxygen atoms in total. The smallest absolute Gasteiger partial charge is 0.164 e. The summed E-state index contributed by atoms with van der Waals surface area (Å²) in [6.07, 6.45) is 0. The molecule has 45 heavy (non-hydrogen) atoms. The number of furan rings is 1. The highest BCUT2D eigenvalue weighted by atomic mass is 16.3. The second kappa shape index (κ2) is 10.2. The van der Waals surface area contributed by atoms with E-state index in [0.29, 0.717) is 17.5 Å². The molecule has 2 aromatic heterocycles. The molecule has 0 bridgehead atoms. The number of hydrogen-bond acceptors (Lipinski definition) is 4. The van der Waals surface area contributed by atoms with Crippen LogP contribution in [0.2, 0.25) is 0 Å². The van der Waals surface area contributed by atoms with Crippen LogP contribution < -0.4 is 0 Å². The zero-order chi connectivity index (χ0) is 29.7. The summed E-state index contributed by atoms with van der Waals surface area (Å²) in [4.78, 5) is 14.8. The molecule has 7 aromatic carbocycles. The molecular formula is C41H25N3O. The van der Waals surface area contributed by atoms with Crippen LogP contribution in [0.3, 0.4) is 0 Å². The summed E-state index contributed by atoms with van der Waals surface area (Å²) >= 11 is 0. The molecule has 0 N–H and O–H groups in total. The van der Waals surface area contributed by atoms with Crippen LogP contribution in [0.25, 0.3) is 88.8 Å². The minimum Gasteiger partial charge on any atom is -0.456 e. The van der Waals surface area contributed by atoms with E-state index in [1.807, 2.05) is 72.8 Å². The Morgan fingerprint density at radius 1 is 0.333 bits per heavy atom. The summed E-state index contributed by atoms with van der Waals surface area (Å²) in [5.74, 6) is 1.94. The molecule has 0 aliphatic carbocycles. The monoisotopic (exact) mass is 575 g/mol. The summed E-state index contributed by atoms with van der Waals surface area (Å²) in [6, 6.07) is 52.2. The lowest BCUT2D eigenvalue weighted by Gasteiger charge is -2.11. The second-order valence-corrected chi connectivity index (χ2v) is 11.3. The molecule has 0 atom stereocenters. The molecule has 9 rings (SSSR count). The van der Waals surface area contributed by atoms with E-state index in [4.69, 9.17) is 19.4 Å². The molecule has 0 aliphatic rings. The third-order valence-corrected chi connectivity index (χ3v) is 8.49. The number of aromatic nitrogens is 3. The molecular weight excluding hydrogens is 550 g/mol. The predicted octanol–water partition coefficient (Wildman–Crippen LogP) is 10.7. The lowest BCUT2D eigenvalue weighted by molar-refractivity contribution is 0.669. The number of fused-ring (bicyclic) bond motifs is 7. The molecule has 0 spiro atoms. The van der Waals surface area contributed by atoms with Crippen molar-refractivity contribution in [3.63, 3.8) is 0 Å². The van der Waals surface area contributed by atoms with Crippen molar-refractivity contribution in [2.24, 2.45) is 0 Å². The fourth-order valence-corrected chi connectivity index (χ4v) is 6.31. The van der Waals surface area contributed by atoms with Crippen LogP contribution in [0.15, 0.2) is 156 Å². The Bertz CT molecular complexity index is 2480. The zero-order valence-corrected chi connectivity index (χ0v) is 24.2. The van der Waals surface area contributed by atoms with Gasteiger partial charge in [-0.2, -0.15) is 0 Å². The van der Waals surface area contributed by atoms with Crippen molar-refractivity contribution >= 4 is 43.5 Å². The van der Waals surface area contributed by atoms with Gasteiger partial charge in [0.2, 0.25) is 0 Å². The van der Waals surface area contributed by atoms with Gasteiger partial charge in [0.25, 0.3) is 0 Å². The van der Waals surface area contributed by atoms with Gasteiger partial charge in [0, 0.05) is 32.8 Å². The van der Waals surface area contributed by atoms with Crippen molar-refractivity contribution in [1.82, 2.24) is 15.0 Å². The molecule has 0 aliphatic heterocycles. The van der Waals surface area contributed by atoms with Crippen LogP contribution in [0.4, 0.5) is 0 Å². The molecule has 0 unspecified atom stereocenters. The van der Waals surface area contributed by atoms with E-state index in [9.17, 15) is 0 Å². The summed E-state index contributed by atoms with van der Waals surface area (Å²) in [5, 5.41) is 7.09. The fourth-order valence-electron chi connectivity index (χ4n) is 6.31. The molecule has 9 aromatic rings. The normalized spacial score (nSPS) is 11.6. The van der Waals surface area contributed by atoms with E-state index >= 15 is 0 Å². The van der Waals surface area contributed by atoms with Gasteiger partial charge >= 0.3 is 0 Å². The van der Waals surface area contributed by atoms with Gasteiger partial charge in [0.05, 0.1) is 0 Å². The topological polar surface area (TPSA) is 51.8 Å². The molecule has 0 saturated heterocycles. The van der Waals surface area contributed by atoms with Crippen molar-refractivity contribution in [3.8, 4) is 45.3 Å². The molecule has 0 amide bonds. The largest absolute Gasteiger partial charge is 0.456 e. The predicted molar refractivity (Wildman–Crippen MR) is 184 cm³/mol. The summed E-state index contributed by atoms with van der Waals surface area (Å²) in [7, 11) is 0. The number of hydrogen-bond donors (Lipinski definition) is 0. The van der Waals surface area contributed by atoms with E-state index < -0.39 is 0 Å². The standard InChI is InChI=1S/C41H25N3O/c1-3-10-28(11-4-1)39-42-40(29-12-5-2-6-13-29)44-41(43-39)32-15-9-14-30(24-32)31-21-19-26-18-20-27-22-23-36-38(37(27)34(26)25-31)33-16-7-8-17-35(33)45-36/h1-25H. The Kier molecular flexibility index (Phi) is 5.78. The summed E-state index contributed by atoms with van der Waals surface area (Å²) in [5.41, 5.74) is 6.87. The molecule has 0 fully saturated rings. The van der Waals surface area contributed by atoms with Crippen LogP contribution in [0.1, 0.15) is 0 Å². The Morgan fingerprint density at radius 2 is 0.889 bits per heavy atom. The minimum absolute atomic E-state index is 0.641. The minimum atomic E-state index is 0.641. The van der Waals surface area contributed by atoms with Crippen LogP contribution >= 0.6 is 0 Å². The van der Waals surface area contributed by atoms with E-state index in [2.05, 4.69) is 78.9 Å². The number of benzene rings is 7. The first-order valence-electron chi connectivity index (χ1n) is 15.0. The molecule has 210 valence electrons. The van der Waals surface area contributed by atoms with E-state index in [0.717, 1.165) is 49.8 Å². The van der Waals surface area contributed by atoms with Crippen molar-refractivity contribution in [1.29, 1.82) is 0 Å². The average molecular weight is 576 g/mol. The summed E-state index contributed by atoms with van der Waals surface area (Å²) < 4.78 is 6.25. The Morgan fingerprint density at radius 3 is 1.64 bits per heavy atom. The Hall–Kier alpha value is -6.13. The van der Waals surface area contributed by atoms with Crippen LogP contribution in [-0.2, 0) is 0 Å². The van der Waals surface area contributed by atoms with Gasteiger partial charge in [-0.1, -0.05) is 127 Å². The van der Waals surface area contributed by atoms with Crippen molar-refractivity contribution in [2.75, 3.05) is 0 Å². The number of para-hydroxylation sites is 1. The van der Waals surface area contributed by atoms with Gasteiger partial charge in [-0.15, -0.1) is 0 Å². The summed E-state index contributed by atoms with van der Waals surface area (Å²) in [6.45, 7) is 0. The molecule has 0 radical (unpaired) electrons. The van der Waals surface area contributed by atoms with Gasteiger partial charge < -0.3 is 4.42 Å². The second-order valence-electron chi connectivity index (χ2n) is 11.3. The average Bonchev–Trinajstić information content (AvgIpc) is 3.51. The number of nitrogens with zero attached hydrogens (tertiary/aromatic N) is 3.